The molecule has 0 fully saturated rings. The number of fused-ring (bicyclic) bond motifs is 1. The van der Waals surface area contributed by atoms with Gasteiger partial charge in [0.05, 0.1) is 6.10 Å². The second-order valence-electron chi connectivity index (χ2n) is 6.87. The number of hydrogen-bond donors (Lipinski definition) is 1. The second kappa shape index (κ2) is 8.90. The Bertz CT molecular complexity index is 735. The van der Waals surface area contributed by atoms with Gasteiger partial charge in [-0.3, -0.25) is 4.79 Å². The monoisotopic (exact) mass is 357 g/mol. The predicted molar refractivity (Wildman–Crippen MR) is 99.5 cm³/mol. The quantitative estimate of drug-likeness (QED) is 0.692. The standard InChI is InChI=1S/C21H27NO4/c1-15(2)24-12-4-11-22-21(23)20-10-9-19(26-20)14-25-18-8-7-16-5-3-6-17(16)13-18/h7-10,13,15H,3-6,11-12,14H2,1-2H3,(H,22,23). The van der Waals surface area contributed by atoms with Crippen molar-refractivity contribution in [3.8, 4) is 5.75 Å². The fraction of sp³-hybridized carbons (Fsp3) is 0.476. The minimum Gasteiger partial charge on any atom is -0.486 e. The van der Waals surface area contributed by atoms with E-state index >= 15 is 0 Å². The van der Waals surface area contributed by atoms with E-state index in [0.29, 0.717) is 31.3 Å². The van der Waals surface area contributed by atoms with E-state index in [-0.39, 0.29) is 12.0 Å². The average Bonchev–Trinajstić information content (AvgIpc) is 3.28. The molecular formula is C21H27NO4. The summed E-state index contributed by atoms with van der Waals surface area (Å²) in [4.78, 5) is 12.1. The Balaban J connectivity index is 1.43. The third-order valence-electron chi connectivity index (χ3n) is 4.39. The lowest BCUT2D eigenvalue weighted by molar-refractivity contribution is 0.0753. The van der Waals surface area contributed by atoms with Crippen LogP contribution in [0.3, 0.4) is 0 Å². The van der Waals surface area contributed by atoms with Crippen molar-refractivity contribution in [2.24, 2.45) is 0 Å². The third-order valence-corrected chi connectivity index (χ3v) is 4.39. The molecule has 0 saturated heterocycles. The number of carbonyl (C=O) groups excluding carboxylic acids is 1. The summed E-state index contributed by atoms with van der Waals surface area (Å²) in [5, 5.41) is 2.83. The first-order valence-corrected chi connectivity index (χ1v) is 9.35. The number of nitrogens with one attached hydrogen (secondary N) is 1. The van der Waals surface area contributed by atoms with Gasteiger partial charge in [0, 0.05) is 13.2 Å². The van der Waals surface area contributed by atoms with Crippen LogP contribution >= 0.6 is 0 Å². The van der Waals surface area contributed by atoms with Crippen molar-refractivity contribution in [2.75, 3.05) is 13.2 Å². The molecule has 1 aromatic carbocycles. The first-order valence-electron chi connectivity index (χ1n) is 9.35. The minimum absolute atomic E-state index is 0.210. The number of rotatable bonds is 9. The molecule has 1 aliphatic rings. The van der Waals surface area contributed by atoms with Gasteiger partial charge in [-0.15, -0.1) is 0 Å². The molecule has 0 spiro atoms. The molecule has 1 aromatic heterocycles. The highest BCUT2D eigenvalue weighted by atomic mass is 16.5. The number of hydrogen-bond acceptors (Lipinski definition) is 4. The molecule has 0 bridgehead atoms. The van der Waals surface area contributed by atoms with Gasteiger partial charge in [0.2, 0.25) is 0 Å². The fourth-order valence-electron chi connectivity index (χ4n) is 3.05. The molecule has 5 heteroatoms. The molecule has 1 heterocycles. The zero-order chi connectivity index (χ0) is 18.4. The molecule has 0 saturated carbocycles. The average molecular weight is 357 g/mol. The number of carbonyl (C=O) groups is 1. The van der Waals surface area contributed by atoms with Crippen LogP contribution in [0.25, 0.3) is 0 Å². The molecule has 1 N–H and O–H groups in total. The Labute approximate surface area is 154 Å². The van der Waals surface area contributed by atoms with E-state index in [9.17, 15) is 4.79 Å². The van der Waals surface area contributed by atoms with E-state index in [1.165, 1.54) is 17.5 Å². The molecule has 1 aliphatic carbocycles. The van der Waals surface area contributed by atoms with Crippen LogP contribution in [0.2, 0.25) is 0 Å². The van der Waals surface area contributed by atoms with Gasteiger partial charge in [0.1, 0.15) is 18.1 Å². The molecular weight excluding hydrogens is 330 g/mol. The fourth-order valence-corrected chi connectivity index (χ4v) is 3.05. The highest BCUT2D eigenvalue weighted by molar-refractivity contribution is 5.91. The maximum atomic E-state index is 12.1. The Kier molecular flexibility index (Phi) is 6.34. The summed E-state index contributed by atoms with van der Waals surface area (Å²) < 4.78 is 16.8. The van der Waals surface area contributed by atoms with Crippen LogP contribution in [0.4, 0.5) is 0 Å². The van der Waals surface area contributed by atoms with Gasteiger partial charge in [-0.05, 0) is 74.9 Å². The van der Waals surface area contributed by atoms with Gasteiger partial charge >= 0.3 is 0 Å². The normalized spacial score (nSPS) is 13.0. The molecule has 0 radical (unpaired) electrons. The van der Waals surface area contributed by atoms with Crippen LogP contribution in [0.1, 0.15) is 54.1 Å². The number of ether oxygens (including phenoxy) is 2. The SMILES string of the molecule is CC(C)OCCCNC(=O)c1ccc(COc2ccc3c(c2)CCC3)o1. The minimum atomic E-state index is -0.210. The zero-order valence-corrected chi connectivity index (χ0v) is 15.5. The Morgan fingerprint density at radius 2 is 2.04 bits per heavy atom. The van der Waals surface area contributed by atoms with Gasteiger partial charge in [0.25, 0.3) is 5.91 Å². The number of aryl methyl sites for hydroxylation is 2. The molecule has 0 aliphatic heterocycles. The Morgan fingerprint density at radius 1 is 1.19 bits per heavy atom. The van der Waals surface area contributed by atoms with E-state index < -0.39 is 0 Å². The van der Waals surface area contributed by atoms with Crippen molar-refractivity contribution in [2.45, 2.75) is 52.2 Å². The number of benzene rings is 1. The molecule has 0 atom stereocenters. The van der Waals surface area contributed by atoms with E-state index in [2.05, 4.69) is 17.4 Å². The van der Waals surface area contributed by atoms with Gasteiger partial charge in [-0.25, -0.2) is 0 Å². The third kappa shape index (κ3) is 5.11. The smallest absolute Gasteiger partial charge is 0.286 e. The van der Waals surface area contributed by atoms with Crippen LogP contribution in [0.5, 0.6) is 5.75 Å². The van der Waals surface area contributed by atoms with Crippen LogP contribution in [-0.2, 0) is 24.2 Å². The highest BCUT2D eigenvalue weighted by Gasteiger charge is 2.13. The predicted octanol–water partition coefficient (Wildman–Crippen LogP) is 3.89. The Hall–Kier alpha value is -2.27. The van der Waals surface area contributed by atoms with Crippen molar-refractivity contribution in [3.63, 3.8) is 0 Å². The topological polar surface area (TPSA) is 60.7 Å². The maximum Gasteiger partial charge on any atom is 0.286 e. The summed E-state index contributed by atoms with van der Waals surface area (Å²) in [6.45, 7) is 5.50. The molecule has 26 heavy (non-hydrogen) atoms. The van der Waals surface area contributed by atoms with Crippen molar-refractivity contribution in [3.05, 3.63) is 53.0 Å². The first-order chi connectivity index (χ1) is 12.6. The molecule has 0 unspecified atom stereocenters. The molecule has 140 valence electrons. The van der Waals surface area contributed by atoms with Crippen molar-refractivity contribution in [1.82, 2.24) is 5.32 Å². The van der Waals surface area contributed by atoms with Crippen LogP contribution in [0, 0.1) is 0 Å². The van der Waals surface area contributed by atoms with Crippen LogP contribution in [0.15, 0.2) is 34.7 Å². The van der Waals surface area contributed by atoms with Crippen molar-refractivity contribution in [1.29, 1.82) is 0 Å². The van der Waals surface area contributed by atoms with E-state index in [1.807, 2.05) is 19.9 Å². The molecule has 3 rings (SSSR count). The zero-order valence-electron chi connectivity index (χ0n) is 15.5. The van der Waals surface area contributed by atoms with Gasteiger partial charge in [0.15, 0.2) is 5.76 Å². The van der Waals surface area contributed by atoms with Crippen LogP contribution in [-0.4, -0.2) is 25.2 Å². The largest absolute Gasteiger partial charge is 0.486 e. The summed E-state index contributed by atoms with van der Waals surface area (Å²) in [5.74, 6) is 1.58. The number of furan rings is 1. The summed E-state index contributed by atoms with van der Waals surface area (Å²) in [5.41, 5.74) is 2.80. The second-order valence-corrected chi connectivity index (χ2v) is 6.87. The Morgan fingerprint density at radius 3 is 2.88 bits per heavy atom. The number of amides is 1. The summed E-state index contributed by atoms with van der Waals surface area (Å²) in [7, 11) is 0. The molecule has 2 aromatic rings. The first kappa shape index (κ1) is 18.5. The van der Waals surface area contributed by atoms with Gasteiger partial charge in [-0.2, -0.15) is 0 Å². The summed E-state index contributed by atoms with van der Waals surface area (Å²) in [6, 6.07) is 9.71. The van der Waals surface area contributed by atoms with Crippen LogP contribution < -0.4 is 10.1 Å². The maximum absolute atomic E-state index is 12.1. The lowest BCUT2D eigenvalue weighted by Crippen LogP contribution is -2.25. The van der Waals surface area contributed by atoms with Crippen molar-refractivity contribution >= 4 is 5.91 Å². The van der Waals surface area contributed by atoms with E-state index in [4.69, 9.17) is 13.9 Å². The van der Waals surface area contributed by atoms with Gasteiger partial charge in [-0.1, -0.05) is 6.07 Å². The lowest BCUT2D eigenvalue weighted by Gasteiger charge is -2.08. The molecule has 1 amide bonds. The van der Waals surface area contributed by atoms with Crippen molar-refractivity contribution < 1.29 is 18.7 Å². The molecule has 5 nitrogen and oxygen atoms in total. The summed E-state index contributed by atoms with van der Waals surface area (Å²) in [6.07, 6.45) is 4.50. The van der Waals surface area contributed by atoms with E-state index in [0.717, 1.165) is 25.0 Å². The van der Waals surface area contributed by atoms with Gasteiger partial charge < -0.3 is 19.2 Å². The van der Waals surface area contributed by atoms with E-state index in [1.54, 1.807) is 12.1 Å². The summed E-state index contributed by atoms with van der Waals surface area (Å²) >= 11 is 0. The highest BCUT2D eigenvalue weighted by Crippen LogP contribution is 2.26. The lowest BCUT2D eigenvalue weighted by atomic mass is 10.1.